The van der Waals surface area contributed by atoms with E-state index in [0.717, 1.165) is 10.6 Å². The van der Waals surface area contributed by atoms with Gasteiger partial charge in [0.15, 0.2) is 0 Å². The largest absolute Gasteiger partial charge is 0.241 e. The van der Waals surface area contributed by atoms with E-state index in [-0.39, 0.29) is 0 Å². The molecule has 0 bridgehead atoms. The minimum absolute atomic E-state index is 0.451. The summed E-state index contributed by atoms with van der Waals surface area (Å²) < 4.78 is 0. The summed E-state index contributed by atoms with van der Waals surface area (Å²) in [5.41, 5.74) is 1.00. The van der Waals surface area contributed by atoms with Crippen LogP contribution in [0, 0.1) is 0 Å². The lowest BCUT2D eigenvalue weighted by Crippen LogP contribution is -1.96. The molecule has 1 heterocycles. The van der Waals surface area contributed by atoms with Crippen LogP contribution >= 0.6 is 23.2 Å². The third kappa shape index (κ3) is 2.67. The Morgan fingerprint density at radius 1 is 1.07 bits per heavy atom. The normalized spacial score (nSPS) is 10.3. The minimum atomic E-state index is 0.451. The molecule has 0 spiro atoms. The molecule has 0 amide bonds. The molecule has 0 N–H and O–H groups in total. The molecule has 0 atom stereocenters. The van der Waals surface area contributed by atoms with Crippen LogP contribution in [-0.2, 0) is 6.42 Å². The molecule has 0 saturated heterocycles. The molecule has 1 aromatic carbocycles. The summed E-state index contributed by atoms with van der Waals surface area (Å²) in [6, 6.07) is 9.28. The third-order valence-corrected chi connectivity index (χ3v) is 2.56. The van der Waals surface area contributed by atoms with Crippen molar-refractivity contribution in [1.29, 1.82) is 0 Å². The third-order valence-electron chi connectivity index (χ3n) is 1.98. The fraction of sp³-hybridized carbons (Fsp3) is 0.0909. The average Bonchev–Trinajstić information content (AvgIpc) is 2.22. The van der Waals surface area contributed by atoms with Crippen LogP contribution in [0.25, 0.3) is 0 Å². The Morgan fingerprint density at radius 2 is 1.87 bits per heavy atom. The zero-order valence-electron chi connectivity index (χ0n) is 7.82. The highest BCUT2D eigenvalue weighted by Crippen LogP contribution is 2.17. The smallest absolute Gasteiger partial charge is 0.134 e. The van der Waals surface area contributed by atoms with Crippen LogP contribution in [0.2, 0.25) is 10.2 Å². The van der Waals surface area contributed by atoms with Crippen LogP contribution in [0.15, 0.2) is 36.5 Å². The molecule has 0 aliphatic carbocycles. The standard InChI is InChI=1S/C11H8Cl2N2/c12-9-4-2-1-3-8(9)7-11-14-6-5-10(13)15-11/h1-6H,7H2. The van der Waals surface area contributed by atoms with Gasteiger partial charge in [-0.1, -0.05) is 41.4 Å². The quantitative estimate of drug-likeness (QED) is 0.751. The van der Waals surface area contributed by atoms with E-state index >= 15 is 0 Å². The molecule has 0 radical (unpaired) electrons. The molecule has 76 valence electrons. The summed E-state index contributed by atoms with van der Waals surface area (Å²) in [7, 11) is 0. The van der Waals surface area contributed by atoms with Crippen molar-refractivity contribution in [1.82, 2.24) is 9.97 Å². The second kappa shape index (κ2) is 4.60. The number of aromatic nitrogens is 2. The zero-order valence-corrected chi connectivity index (χ0v) is 9.33. The first-order valence-corrected chi connectivity index (χ1v) is 5.22. The van der Waals surface area contributed by atoms with Crippen LogP contribution in [0.5, 0.6) is 0 Å². The Morgan fingerprint density at radius 3 is 2.60 bits per heavy atom. The van der Waals surface area contributed by atoms with Gasteiger partial charge in [-0.25, -0.2) is 9.97 Å². The molecule has 1 aromatic heterocycles. The minimum Gasteiger partial charge on any atom is -0.241 e. The molecule has 4 heteroatoms. The van der Waals surface area contributed by atoms with Gasteiger partial charge >= 0.3 is 0 Å². The Labute approximate surface area is 97.9 Å². The maximum atomic E-state index is 6.03. The summed E-state index contributed by atoms with van der Waals surface area (Å²) in [5, 5.41) is 1.17. The van der Waals surface area contributed by atoms with E-state index < -0.39 is 0 Å². The highest BCUT2D eigenvalue weighted by atomic mass is 35.5. The highest BCUT2D eigenvalue weighted by molar-refractivity contribution is 6.31. The van der Waals surface area contributed by atoms with E-state index in [4.69, 9.17) is 23.2 Å². The summed E-state index contributed by atoms with van der Waals surface area (Å²) in [6.07, 6.45) is 2.24. The molecule has 0 aliphatic rings. The Bertz CT molecular complexity index is 472. The highest BCUT2D eigenvalue weighted by Gasteiger charge is 2.03. The van der Waals surface area contributed by atoms with Gasteiger partial charge in [0.2, 0.25) is 0 Å². The summed E-state index contributed by atoms with van der Waals surface area (Å²) in [5.74, 6) is 0.676. The van der Waals surface area contributed by atoms with Gasteiger partial charge in [0.25, 0.3) is 0 Å². The van der Waals surface area contributed by atoms with Gasteiger partial charge in [-0.2, -0.15) is 0 Å². The lowest BCUT2D eigenvalue weighted by atomic mass is 10.1. The fourth-order valence-electron chi connectivity index (χ4n) is 1.27. The van der Waals surface area contributed by atoms with E-state index in [1.165, 1.54) is 0 Å². The van der Waals surface area contributed by atoms with E-state index in [0.29, 0.717) is 17.4 Å². The molecule has 2 rings (SSSR count). The van der Waals surface area contributed by atoms with Crippen molar-refractivity contribution in [3.05, 3.63) is 58.1 Å². The monoisotopic (exact) mass is 238 g/mol. The predicted molar refractivity (Wildman–Crippen MR) is 61.3 cm³/mol. The Hall–Kier alpha value is -1.12. The van der Waals surface area contributed by atoms with Gasteiger partial charge in [0.05, 0.1) is 0 Å². The van der Waals surface area contributed by atoms with Gasteiger partial charge in [-0.15, -0.1) is 0 Å². The van der Waals surface area contributed by atoms with Crippen LogP contribution in [0.3, 0.4) is 0 Å². The number of hydrogen-bond acceptors (Lipinski definition) is 2. The fourth-order valence-corrected chi connectivity index (χ4v) is 1.63. The van der Waals surface area contributed by atoms with Gasteiger partial charge in [0, 0.05) is 17.6 Å². The van der Waals surface area contributed by atoms with Crippen molar-refractivity contribution in [3.63, 3.8) is 0 Å². The van der Waals surface area contributed by atoms with E-state index in [1.54, 1.807) is 12.3 Å². The molecule has 15 heavy (non-hydrogen) atoms. The van der Waals surface area contributed by atoms with Crippen molar-refractivity contribution in [2.24, 2.45) is 0 Å². The van der Waals surface area contributed by atoms with Crippen molar-refractivity contribution in [3.8, 4) is 0 Å². The summed E-state index contributed by atoms with van der Waals surface area (Å²) in [6.45, 7) is 0. The molecule has 0 fully saturated rings. The molecule has 0 aliphatic heterocycles. The van der Waals surface area contributed by atoms with Crippen molar-refractivity contribution in [2.75, 3.05) is 0 Å². The number of nitrogens with zero attached hydrogens (tertiary/aromatic N) is 2. The van der Waals surface area contributed by atoms with Gasteiger partial charge in [0.1, 0.15) is 11.0 Å². The lowest BCUT2D eigenvalue weighted by Gasteiger charge is -2.02. The molecule has 2 nitrogen and oxygen atoms in total. The topological polar surface area (TPSA) is 25.8 Å². The van der Waals surface area contributed by atoms with Crippen LogP contribution < -0.4 is 0 Å². The lowest BCUT2D eigenvalue weighted by molar-refractivity contribution is 0.968. The number of rotatable bonds is 2. The second-order valence-electron chi connectivity index (χ2n) is 3.06. The van der Waals surface area contributed by atoms with Gasteiger partial charge in [-0.3, -0.25) is 0 Å². The molecule has 2 aromatic rings. The molecule has 0 unspecified atom stereocenters. The van der Waals surface area contributed by atoms with Gasteiger partial charge in [-0.05, 0) is 17.7 Å². The molecule has 0 saturated carbocycles. The number of halogens is 2. The maximum Gasteiger partial charge on any atom is 0.134 e. The van der Waals surface area contributed by atoms with Crippen molar-refractivity contribution in [2.45, 2.75) is 6.42 Å². The first-order valence-electron chi connectivity index (χ1n) is 4.46. The van der Waals surface area contributed by atoms with Crippen LogP contribution in [0.1, 0.15) is 11.4 Å². The number of hydrogen-bond donors (Lipinski definition) is 0. The maximum absolute atomic E-state index is 6.03. The first kappa shape index (κ1) is 10.4. The predicted octanol–water partition coefficient (Wildman–Crippen LogP) is 3.37. The van der Waals surface area contributed by atoms with E-state index in [2.05, 4.69) is 9.97 Å². The first-order chi connectivity index (χ1) is 7.25. The number of benzene rings is 1. The van der Waals surface area contributed by atoms with Crippen LogP contribution in [0.4, 0.5) is 0 Å². The molecular formula is C11H8Cl2N2. The summed E-state index contributed by atoms with van der Waals surface area (Å²) in [4.78, 5) is 8.23. The van der Waals surface area contributed by atoms with Crippen LogP contribution in [-0.4, -0.2) is 9.97 Å². The van der Waals surface area contributed by atoms with Crippen molar-refractivity contribution >= 4 is 23.2 Å². The Kier molecular flexibility index (Phi) is 3.19. The SMILES string of the molecule is Clc1ccnc(Cc2ccccc2Cl)n1. The Balaban J connectivity index is 2.26. The molecular weight excluding hydrogens is 231 g/mol. The average molecular weight is 239 g/mol. The van der Waals surface area contributed by atoms with Crippen molar-refractivity contribution < 1.29 is 0 Å². The van der Waals surface area contributed by atoms with E-state index in [1.807, 2.05) is 24.3 Å². The second-order valence-corrected chi connectivity index (χ2v) is 3.86. The summed E-state index contributed by atoms with van der Waals surface area (Å²) >= 11 is 11.8. The van der Waals surface area contributed by atoms with E-state index in [9.17, 15) is 0 Å². The van der Waals surface area contributed by atoms with Gasteiger partial charge < -0.3 is 0 Å². The zero-order chi connectivity index (χ0) is 10.7.